The molecule has 32 heavy (non-hydrogen) atoms. The molecule has 3 N–H and O–H groups in total. The molecular formula is C25H26N6O. The van der Waals surface area contributed by atoms with Crippen molar-refractivity contribution in [1.29, 1.82) is 0 Å². The Kier molecular flexibility index (Phi) is 5.11. The van der Waals surface area contributed by atoms with Gasteiger partial charge in [0.05, 0.1) is 11.9 Å². The van der Waals surface area contributed by atoms with E-state index in [-0.39, 0.29) is 18.0 Å². The number of hydrogen-bond donors (Lipinski definition) is 2. The number of benzene rings is 2. The van der Waals surface area contributed by atoms with Gasteiger partial charge >= 0.3 is 0 Å². The minimum absolute atomic E-state index is 0.0735. The van der Waals surface area contributed by atoms with Crippen molar-refractivity contribution >= 4 is 23.1 Å². The van der Waals surface area contributed by atoms with Crippen LogP contribution in [0.3, 0.4) is 0 Å². The summed E-state index contributed by atoms with van der Waals surface area (Å²) in [6.45, 7) is 4.71. The molecule has 4 aromatic rings. The predicted molar refractivity (Wildman–Crippen MR) is 127 cm³/mol. The summed E-state index contributed by atoms with van der Waals surface area (Å²) in [6.07, 6.45) is 2.24. The Labute approximate surface area is 186 Å². The summed E-state index contributed by atoms with van der Waals surface area (Å²) in [5.74, 6) is 0.850. The second-order valence-electron chi connectivity index (χ2n) is 8.38. The molecular weight excluding hydrogens is 400 g/mol. The third-order valence-corrected chi connectivity index (χ3v) is 5.98. The third-order valence-electron chi connectivity index (χ3n) is 5.98. The maximum absolute atomic E-state index is 12.2. The standard InChI is InChI=1S/C25H26N6O/c1-16-12-20(30-15-19(26)13-25(30)32)8-9-21(16)22-14-27-24-11-10-23(29-31(22)24)28-17(2)18-6-4-3-5-7-18/h3-12,14,17,19H,13,15,26H2,1-2H3,(H,28,29)/t17-,19+/m1/s1. The average molecular weight is 427 g/mol. The van der Waals surface area contributed by atoms with Gasteiger partial charge in [-0.25, -0.2) is 9.50 Å². The largest absolute Gasteiger partial charge is 0.362 e. The van der Waals surface area contributed by atoms with Crippen molar-refractivity contribution in [3.8, 4) is 11.3 Å². The predicted octanol–water partition coefficient (Wildman–Crippen LogP) is 3.94. The first-order valence-corrected chi connectivity index (χ1v) is 10.8. The summed E-state index contributed by atoms with van der Waals surface area (Å²) in [7, 11) is 0. The Hall–Kier alpha value is -3.71. The van der Waals surface area contributed by atoms with E-state index in [1.165, 1.54) is 5.56 Å². The minimum Gasteiger partial charge on any atom is -0.362 e. The van der Waals surface area contributed by atoms with Crippen LogP contribution in [0.15, 0.2) is 66.9 Å². The first-order chi connectivity index (χ1) is 15.5. The smallest absolute Gasteiger partial charge is 0.228 e. The lowest BCUT2D eigenvalue weighted by molar-refractivity contribution is -0.117. The molecule has 1 saturated heterocycles. The molecule has 1 fully saturated rings. The van der Waals surface area contributed by atoms with Crippen molar-refractivity contribution in [2.45, 2.75) is 32.4 Å². The number of carbonyl (C=O) groups excluding carboxylic acids is 1. The number of nitrogens with one attached hydrogen (secondary N) is 1. The summed E-state index contributed by atoms with van der Waals surface area (Å²) in [5, 5.41) is 8.27. The molecule has 7 heteroatoms. The minimum atomic E-state index is -0.102. The Morgan fingerprint density at radius 2 is 1.94 bits per heavy atom. The van der Waals surface area contributed by atoms with Gasteiger partial charge < -0.3 is 16.0 Å². The van der Waals surface area contributed by atoms with Crippen LogP contribution in [0.1, 0.15) is 30.5 Å². The third kappa shape index (κ3) is 3.71. The van der Waals surface area contributed by atoms with E-state index in [4.69, 9.17) is 10.8 Å². The summed E-state index contributed by atoms with van der Waals surface area (Å²) in [5.41, 5.74) is 11.8. The molecule has 1 amide bonds. The number of imidazole rings is 1. The van der Waals surface area contributed by atoms with Crippen LogP contribution in [0.5, 0.6) is 0 Å². The summed E-state index contributed by atoms with van der Waals surface area (Å²) >= 11 is 0. The number of rotatable bonds is 5. The highest BCUT2D eigenvalue weighted by atomic mass is 16.2. The molecule has 1 aliphatic rings. The molecule has 162 valence electrons. The summed E-state index contributed by atoms with van der Waals surface area (Å²) < 4.78 is 1.86. The number of aryl methyl sites for hydroxylation is 1. The molecule has 2 atom stereocenters. The Morgan fingerprint density at radius 1 is 1.12 bits per heavy atom. The number of nitrogens with two attached hydrogens (primary N) is 1. The number of aromatic nitrogens is 3. The lowest BCUT2D eigenvalue weighted by Gasteiger charge is -2.18. The quantitative estimate of drug-likeness (QED) is 0.505. The van der Waals surface area contributed by atoms with Gasteiger partial charge in [0.2, 0.25) is 5.91 Å². The number of anilines is 2. The molecule has 0 saturated carbocycles. The monoisotopic (exact) mass is 426 g/mol. The van der Waals surface area contributed by atoms with Gasteiger partial charge in [-0.2, -0.15) is 0 Å². The SMILES string of the molecule is Cc1cc(N2C[C@@H](N)CC2=O)ccc1-c1cnc2ccc(N[C@H](C)c3ccccc3)nn12. The van der Waals surface area contributed by atoms with Gasteiger partial charge in [0.1, 0.15) is 5.82 Å². The summed E-state index contributed by atoms with van der Waals surface area (Å²) in [6, 6.07) is 20.2. The molecule has 3 heterocycles. The molecule has 2 aromatic carbocycles. The van der Waals surface area contributed by atoms with Gasteiger partial charge in [0.15, 0.2) is 5.65 Å². The number of nitrogens with zero attached hydrogens (tertiary/aromatic N) is 4. The van der Waals surface area contributed by atoms with Crippen LogP contribution in [-0.4, -0.2) is 33.1 Å². The van der Waals surface area contributed by atoms with Crippen LogP contribution in [0.2, 0.25) is 0 Å². The number of hydrogen-bond acceptors (Lipinski definition) is 5. The fourth-order valence-corrected chi connectivity index (χ4v) is 4.27. The zero-order valence-electron chi connectivity index (χ0n) is 18.2. The molecule has 0 spiro atoms. The second kappa shape index (κ2) is 8.09. The zero-order chi connectivity index (χ0) is 22.2. The second-order valence-corrected chi connectivity index (χ2v) is 8.38. The van der Waals surface area contributed by atoms with E-state index in [2.05, 4.69) is 29.4 Å². The summed E-state index contributed by atoms with van der Waals surface area (Å²) in [4.78, 5) is 18.5. The number of carbonyl (C=O) groups is 1. The number of amides is 1. The topological polar surface area (TPSA) is 88.5 Å². The van der Waals surface area contributed by atoms with Crippen LogP contribution >= 0.6 is 0 Å². The van der Waals surface area contributed by atoms with E-state index in [0.717, 1.165) is 34.0 Å². The van der Waals surface area contributed by atoms with Gasteiger partial charge in [-0.1, -0.05) is 36.4 Å². The van der Waals surface area contributed by atoms with Crippen LogP contribution in [-0.2, 0) is 4.79 Å². The molecule has 0 unspecified atom stereocenters. The van der Waals surface area contributed by atoms with Crippen molar-refractivity contribution in [3.05, 3.63) is 78.0 Å². The highest BCUT2D eigenvalue weighted by Crippen LogP contribution is 2.30. The van der Waals surface area contributed by atoms with Crippen molar-refractivity contribution < 1.29 is 4.79 Å². The molecule has 5 rings (SSSR count). The van der Waals surface area contributed by atoms with Crippen molar-refractivity contribution in [2.75, 3.05) is 16.8 Å². The maximum atomic E-state index is 12.2. The van der Waals surface area contributed by atoms with E-state index in [0.29, 0.717) is 13.0 Å². The van der Waals surface area contributed by atoms with Crippen LogP contribution < -0.4 is 16.0 Å². The lowest BCUT2D eigenvalue weighted by Crippen LogP contribution is -2.27. The van der Waals surface area contributed by atoms with Gasteiger partial charge in [-0.3, -0.25) is 4.79 Å². The van der Waals surface area contributed by atoms with Crippen molar-refractivity contribution in [2.24, 2.45) is 5.73 Å². The molecule has 0 bridgehead atoms. The Morgan fingerprint density at radius 3 is 2.66 bits per heavy atom. The Bertz CT molecular complexity index is 1280. The van der Waals surface area contributed by atoms with E-state index in [9.17, 15) is 4.79 Å². The van der Waals surface area contributed by atoms with Gasteiger partial charge in [0, 0.05) is 36.3 Å². The van der Waals surface area contributed by atoms with Gasteiger partial charge in [0.25, 0.3) is 0 Å². The normalized spacial score (nSPS) is 17.2. The first-order valence-electron chi connectivity index (χ1n) is 10.8. The fraction of sp³-hybridized carbons (Fsp3) is 0.240. The van der Waals surface area contributed by atoms with E-state index in [1.54, 1.807) is 4.90 Å². The lowest BCUT2D eigenvalue weighted by atomic mass is 10.0. The van der Waals surface area contributed by atoms with Gasteiger partial charge in [-0.15, -0.1) is 5.10 Å². The van der Waals surface area contributed by atoms with E-state index >= 15 is 0 Å². The molecule has 7 nitrogen and oxygen atoms in total. The maximum Gasteiger partial charge on any atom is 0.228 e. The first kappa shape index (κ1) is 20.2. The van der Waals surface area contributed by atoms with Crippen LogP contribution in [0.25, 0.3) is 16.9 Å². The highest BCUT2D eigenvalue weighted by Gasteiger charge is 2.28. The highest BCUT2D eigenvalue weighted by molar-refractivity contribution is 5.96. The molecule has 2 aromatic heterocycles. The van der Waals surface area contributed by atoms with Crippen LogP contribution in [0.4, 0.5) is 11.5 Å². The molecule has 1 aliphatic heterocycles. The van der Waals surface area contributed by atoms with Crippen molar-refractivity contribution in [3.63, 3.8) is 0 Å². The number of fused-ring (bicyclic) bond motifs is 1. The molecule has 0 aliphatic carbocycles. The van der Waals surface area contributed by atoms with Crippen LogP contribution in [0, 0.1) is 6.92 Å². The van der Waals surface area contributed by atoms with Crippen molar-refractivity contribution in [1.82, 2.24) is 14.6 Å². The molecule has 0 radical (unpaired) electrons. The van der Waals surface area contributed by atoms with E-state index in [1.807, 2.05) is 66.2 Å². The van der Waals surface area contributed by atoms with Gasteiger partial charge in [-0.05, 0) is 49.2 Å². The van der Waals surface area contributed by atoms with E-state index < -0.39 is 0 Å². The fourth-order valence-electron chi connectivity index (χ4n) is 4.27. The Balaban J connectivity index is 1.45. The zero-order valence-corrected chi connectivity index (χ0v) is 18.2. The average Bonchev–Trinajstić information content (AvgIpc) is 3.36.